The molecule has 0 fully saturated rings. The number of rotatable bonds is 6. The van der Waals surface area contributed by atoms with E-state index in [1.807, 2.05) is 25.1 Å². The van der Waals surface area contributed by atoms with Gasteiger partial charge < -0.3 is 20.9 Å². The molecule has 2 aromatic carbocycles. The Bertz CT molecular complexity index is 1070. The molecular weight excluding hydrogens is 522 g/mol. The number of pyridine rings is 1. The van der Waals surface area contributed by atoms with Crippen molar-refractivity contribution in [3.05, 3.63) is 74.6 Å². The number of anilines is 2. The fourth-order valence-electron chi connectivity index (χ4n) is 3.14. The Morgan fingerprint density at radius 2 is 1.81 bits per heavy atom. The summed E-state index contributed by atoms with van der Waals surface area (Å²) in [7, 11) is 1.52. The van der Waals surface area contributed by atoms with E-state index in [2.05, 4.69) is 27.6 Å². The van der Waals surface area contributed by atoms with Crippen LogP contribution in [-0.2, 0) is 12.8 Å². The van der Waals surface area contributed by atoms with E-state index in [0.29, 0.717) is 28.4 Å². The molecule has 0 saturated heterocycles. The van der Waals surface area contributed by atoms with Crippen molar-refractivity contribution in [2.24, 2.45) is 0 Å². The van der Waals surface area contributed by atoms with E-state index in [1.54, 1.807) is 12.1 Å². The van der Waals surface area contributed by atoms with Gasteiger partial charge in [-0.2, -0.15) is 13.2 Å². The van der Waals surface area contributed by atoms with E-state index in [1.165, 1.54) is 13.2 Å². The summed E-state index contributed by atoms with van der Waals surface area (Å²) in [5, 5.41) is 0. The molecule has 0 aliphatic rings. The van der Waals surface area contributed by atoms with Crippen LogP contribution < -0.4 is 20.9 Å². The molecule has 1 unspecified atom stereocenters. The van der Waals surface area contributed by atoms with E-state index in [9.17, 15) is 13.2 Å². The quantitative estimate of drug-likeness (QED) is 0.312. The SMILES string of the molecule is COc1cc(C(C)c2c(I)ccc(N)c2N)ccc1OCc1ccc(C(F)(F)F)nc1. The first-order valence-corrected chi connectivity index (χ1v) is 10.4. The van der Waals surface area contributed by atoms with Crippen LogP contribution in [0.2, 0.25) is 0 Å². The van der Waals surface area contributed by atoms with Crippen molar-refractivity contribution in [2.75, 3.05) is 18.6 Å². The third-order valence-corrected chi connectivity index (χ3v) is 5.84. The molecule has 1 aromatic heterocycles. The standard InChI is InChI=1S/C22H21F3IN3O2/c1-12(20-15(26)5-6-16(27)21(20)28)14-4-7-17(18(9-14)30-2)31-11-13-3-8-19(29-10-13)22(23,24)25/h3-10,12H,11,27-28H2,1-2H3. The zero-order valence-corrected chi connectivity index (χ0v) is 19.0. The van der Waals surface area contributed by atoms with Gasteiger partial charge in [0, 0.05) is 21.2 Å². The smallest absolute Gasteiger partial charge is 0.433 e. The summed E-state index contributed by atoms with van der Waals surface area (Å²) >= 11 is 2.23. The van der Waals surface area contributed by atoms with Crippen molar-refractivity contribution in [1.82, 2.24) is 4.98 Å². The second-order valence-electron chi connectivity index (χ2n) is 6.93. The number of nitrogen functional groups attached to an aromatic ring is 2. The molecule has 3 rings (SSSR count). The van der Waals surface area contributed by atoms with Gasteiger partial charge in [0.2, 0.25) is 0 Å². The third-order valence-electron chi connectivity index (χ3n) is 4.90. The second kappa shape index (κ2) is 9.21. The monoisotopic (exact) mass is 543 g/mol. The number of aromatic nitrogens is 1. The van der Waals surface area contributed by atoms with Crippen molar-refractivity contribution in [3.63, 3.8) is 0 Å². The van der Waals surface area contributed by atoms with Crippen LogP contribution in [0.25, 0.3) is 0 Å². The summed E-state index contributed by atoms with van der Waals surface area (Å²) in [6.45, 7) is 2.08. The molecule has 31 heavy (non-hydrogen) atoms. The highest BCUT2D eigenvalue weighted by atomic mass is 127. The van der Waals surface area contributed by atoms with E-state index in [0.717, 1.165) is 27.0 Å². The summed E-state index contributed by atoms with van der Waals surface area (Å²) in [5.41, 5.74) is 14.7. The second-order valence-corrected chi connectivity index (χ2v) is 8.10. The lowest BCUT2D eigenvalue weighted by atomic mass is 9.91. The van der Waals surface area contributed by atoms with E-state index >= 15 is 0 Å². The minimum absolute atomic E-state index is 0.0440. The van der Waals surface area contributed by atoms with Crippen LogP contribution in [0.4, 0.5) is 24.5 Å². The Kier molecular flexibility index (Phi) is 6.83. The molecule has 0 radical (unpaired) electrons. The zero-order chi connectivity index (χ0) is 22.8. The van der Waals surface area contributed by atoms with Crippen LogP contribution in [0.3, 0.4) is 0 Å². The number of nitrogens with two attached hydrogens (primary N) is 2. The lowest BCUT2D eigenvalue weighted by Gasteiger charge is -2.20. The Labute approximate surface area is 191 Å². The fraction of sp³-hybridized carbons (Fsp3) is 0.227. The summed E-state index contributed by atoms with van der Waals surface area (Å²) in [4.78, 5) is 3.44. The molecule has 0 saturated carbocycles. The number of alkyl halides is 3. The Hall–Kier alpha value is -2.69. The average Bonchev–Trinajstić information content (AvgIpc) is 2.74. The zero-order valence-electron chi connectivity index (χ0n) is 16.8. The van der Waals surface area contributed by atoms with E-state index in [4.69, 9.17) is 20.9 Å². The Morgan fingerprint density at radius 3 is 2.42 bits per heavy atom. The topological polar surface area (TPSA) is 83.4 Å². The maximum atomic E-state index is 12.6. The first kappa shape index (κ1) is 23.0. The van der Waals surface area contributed by atoms with Gasteiger partial charge in [0.1, 0.15) is 12.3 Å². The summed E-state index contributed by atoms with van der Waals surface area (Å²) < 4.78 is 50.1. The number of nitrogens with zero attached hydrogens (tertiary/aromatic N) is 1. The van der Waals surface area contributed by atoms with Gasteiger partial charge in [-0.3, -0.25) is 4.98 Å². The van der Waals surface area contributed by atoms with Gasteiger partial charge >= 0.3 is 6.18 Å². The van der Waals surface area contributed by atoms with Crippen molar-refractivity contribution in [2.45, 2.75) is 25.6 Å². The predicted octanol–water partition coefficient (Wildman–Crippen LogP) is 5.61. The summed E-state index contributed by atoms with van der Waals surface area (Å²) in [6, 6.07) is 11.5. The number of benzene rings is 2. The summed E-state index contributed by atoms with van der Waals surface area (Å²) in [6.07, 6.45) is -3.32. The molecule has 4 N–H and O–H groups in total. The van der Waals surface area contributed by atoms with Gasteiger partial charge in [0.25, 0.3) is 0 Å². The van der Waals surface area contributed by atoms with Crippen molar-refractivity contribution in [1.29, 1.82) is 0 Å². The number of methoxy groups -OCH3 is 1. The maximum absolute atomic E-state index is 12.6. The highest BCUT2D eigenvalue weighted by Gasteiger charge is 2.32. The molecule has 0 aliphatic heterocycles. The van der Waals surface area contributed by atoms with E-state index in [-0.39, 0.29) is 12.5 Å². The molecule has 5 nitrogen and oxygen atoms in total. The maximum Gasteiger partial charge on any atom is 0.433 e. The van der Waals surface area contributed by atoms with Gasteiger partial charge in [-0.15, -0.1) is 0 Å². The average molecular weight is 543 g/mol. The number of hydrogen-bond acceptors (Lipinski definition) is 5. The highest BCUT2D eigenvalue weighted by molar-refractivity contribution is 14.1. The molecule has 0 amide bonds. The van der Waals surface area contributed by atoms with Gasteiger partial charge in [-0.05, 0) is 64.0 Å². The first-order chi connectivity index (χ1) is 14.6. The number of ether oxygens (including phenoxy) is 2. The molecule has 1 heterocycles. The first-order valence-electron chi connectivity index (χ1n) is 9.28. The third kappa shape index (κ3) is 5.15. The van der Waals surface area contributed by atoms with Crippen LogP contribution in [0.1, 0.15) is 35.2 Å². The van der Waals surface area contributed by atoms with Gasteiger partial charge in [-0.1, -0.05) is 19.1 Å². The van der Waals surface area contributed by atoms with Crippen LogP contribution in [0.5, 0.6) is 11.5 Å². The molecule has 3 aromatic rings. The van der Waals surface area contributed by atoms with Crippen LogP contribution >= 0.6 is 22.6 Å². The largest absolute Gasteiger partial charge is 0.493 e. The van der Waals surface area contributed by atoms with Crippen LogP contribution in [-0.4, -0.2) is 12.1 Å². The molecule has 0 aliphatic carbocycles. The van der Waals surface area contributed by atoms with Gasteiger partial charge in [-0.25, -0.2) is 0 Å². The molecular formula is C22H21F3IN3O2. The van der Waals surface area contributed by atoms with Crippen LogP contribution in [0, 0.1) is 3.57 Å². The minimum Gasteiger partial charge on any atom is -0.493 e. The van der Waals surface area contributed by atoms with Gasteiger partial charge in [0.05, 0.1) is 18.5 Å². The van der Waals surface area contributed by atoms with Crippen molar-refractivity contribution < 1.29 is 22.6 Å². The minimum atomic E-state index is -4.47. The van der Waals surface area contributed by atoms with E-state index < -0.39 is 11.9 Å². The molecule has 0 bridgehead atoms. The molecule has 9 heteroatoms. The Morgan fingerprint density at radius 1 is 1.06 bits per heavy atom. The Balaban J connectivity index is 1.80. The van der Waals surface area contributed by atoms with Crippen molar-refractivity contribution in [3.8, 4) is 11.5 Å². The molecule has 164 valence electrons. The molecule has 1 atom stereocenters. The molecule has 0 spiro atoms. The normalized spacial score (nSPS) is 12.5. The number of hydrogen-bond donors (Lipinski definition) is 2. The van der Waals surface area contributed by atoms with Crippen LogP contribution in [0.15, 0.2) is 48.7 Å². The summed E-state index contributed by atoms with van der Waals surface area (Å²) in [5.74, 6) is 0.924. The number of halogens is 4. The van der Waals surface area contributed by atoms with Crippen molar-refractivity contribution >= 4 is 34.0 Å². The fourth-order valence-corrected chi connectivity index (χ4v) is 4.08. The lowest BCUT2D eigenvalue weighted by Crippen LogP contribution is -2.08. The predicted molar refractivity (Wildman–Crippen MR) is 122 cm³/mol. The van der Waals surface area contributed by atoms with Gasteiger partial charge in [0.15, 0.2) is 11.5 Å². The lowest BCUT2D eigenvalue weighted by molar-refractivity contribution is -0.141. The highest BCUT2D eigenvalue weighted by Crippen LogP contribution is 2.38.